The Labute approximate surface area is 116 Å². The van der Waals surface area contributed by atoms with Crippen LogP contribution in [0.2, 0.25) is 0 Å². The highest BCUT2D eigenvalue weighted by atomic mass is 79.9. The van der Waals surface area contributed by atoms with Crippen molar-refractivity contribution in [2.45, 2.75) is 32.2 Å². The fourth-order valence-electron chi connectivity index (χ4n) is 1.98. The maximum atomic E-state index is 6.34. The number of hydrogen-bond donors (Lipinski definition) is 2. The van der Waals surface area contributed by atoms with E-state index in [1.54, 1.807) is 0 Å². The molecule has 0 fully saturated rings. The summed E-state index contributed by atoms with van der Waals surface area (Å²) in [6.07, 6.45) is 3.58. The molecule has 2 rings (SSSR count). The summed E-state index contributed by atoms with van der Waals surface area (Å²) in [7, 11) is 0. The van der Waals surface area contributed by atoms with Gasteiger partial charge in [0, 0.05) is 10.0 Å². The summed E-state index contributed by atoms with van der Waals surface area (Å²) < 4.78 is 1.05. The second kappa shape index (κ2) is 5.24. The largest absolute Gasteiger partial charge is 0.340 e. The molecule has 3 nitrogen and oxygen atoms in total. The molecule has 0 aliphatic carbocycles. The Morgan fingerprint density at radius 3 is 2.56 bits per heavy atom. The van der Waals surface area contributed by atoms with Gasteiger partial charge in [-0.15, -0.1) is 0 Å². The van der Waals surface area contributed by atoms with Crippen LogP contribution in [0.5, 0.6) is 0 Å². The molecule has 0 saturated carbocycles. The molecular formula is C14H18BrN3. The minimum absolute atomic E-state index is 0.362. The fraction of sp³-hybridized carbons (Fsp3) is 0.357. The van der Waals surface area contributed by atoms with E-state index < -0.39 is 0 Å². The van der Waals surface area contributed by atoms with E-state index in [4.69, 9.17) is 5.73 Å². The molecule has 96 valence electrons. The summed E-state index contributed by atoms with van der Waals surface area (Å²) in [6.45, 7) is 4.17. The van der Waals surface area contributed by atoms with Crippen molar-refractivity contribution in [2.75, 3.05) is 0 Å². The van der Waals surface area contributed by atoms with Crippen molar-refractivity contribution < 1.29 is 0 Å². The van der Waals surface area contributed by atoms with Gasteiger partial charge in [0.2, 0.25) is 0 Å². The van der Waals surface area contributed by atoms with Crippen LogP contribution < -0.4 is 5.73 Å². The molecular weight excluding hydrogens is 290 g/mol. The summed E-state index contributed by atoms with van der Waals surface area (Å²) in [5, 5.41) is 0. The van der Waals surface area contributed by atoms with E-state index in [2.05, 4.69) is 45.8 Å². The number of benzene rings is 1. The van der Waals surface area contributed by atoms with E-state index in [1.807, 2.05) is 24.4 Å². The molecule has 18 heavy (non-hydrogen) atoms. The van der Waals surface area contributed by atoms with Crippen molar-refractivity contribution in [1.82, 2.24) is 9.97 Å². The standard InChI is InChI=1S/C14H18BrN3/c1-3-14(16,4-2)13-17-9-12(18-13)10-7-5-6-8-11(10)15/h5-9H,3-4,16H2,1-2H3,(H,17,18). The highest BCUT2D eigenvalue weighted by Gasteiger charge is 2.26. The van der Waals surface area contributed by atoms with Crippen molar-refractivity contribution in [3.63, 3.8) is 0 Å². The van der Waals surface area contributed by atoms with Crippen LogP contribution in [0.25, 0.3) is 11.3 Å². The maximum Gasteiger partial charge on any atom is 0.126 e. The molecule has 0 radical (unpaired) electrons. The first-order chi connectivity index (χ1) is 8.60. The third kappa shape index (κ3) is 2.35. The van der Waals surface area contributed by atoms with E-state index in [0.717, 1.165) is 34.4 Å². The van der Waals surface area contributed by atoms with E-state index >= 15 is 0 Å². The lowest BCUT2D eigenvalue weighted by Gasteiger charge is -2.23. The van der Waals surface area contributed by atoms with Gasteiger partial charge in [-0.2, -0.15) is 0 Å². The van der Waals surface area contributed by atoms with Gasteiger partial charge < -0.3 is 10.7 Å². The smallest absolute Gasteiger partial charge is 0.126 e. The third-order valence-corrected chi connectivity index (χ3v) is 4.16. The molecule has 0 unspecified atom stereocenters. The molecule has 4 heteroatoms. The van der Waals surface area contributed by atoms with Gasteiger partial charge in [0.1, 0.15) is 5.82 Å². The van der Waals surface area contributed by atoms with Gasteiger partial charge in [-0.1, -0.05) is 48.0 Å². The predicted molar refractivity (Wildman–Crippen MR) is 78.2 cm³/mol. The van der Waals surface area contributed by atoms with Gasteiger partial charge in [0.15, 0.2) is 0 Å². The average Bonchev–Trinajstić information content (AvgIpc) is 2.88. The Morgan fingerprint density at radius 1 is 1.28 bits per heavy atom. The molecule has 2 aromatic rings. The molecule has 0 aliphatic rings. The number of nitrogens with zero attached hydrogens (tertiary/aromatic N) is 1. The molecule has 1 aromatic heterocycles. The van der Waals surface area contributed by atoms with Crippen molar-refractivity contribution in [2.24, 2.45) is 5.73 Å². The Morgan fingerprint density at radius 2 is 1.94 bits per heavy atom. The van der Waals surface area contributed by atoms with Gasteiger partial charge in [-0.05, 0) is 18.9 Å². The molecule has 0 atom stereocenters. The Bertz CT molecular complexity index is 529. The number of hydrogen-bond acceptors (Lipinski definition) is 2. The minimum atomic E-state index is -0.362. The quantitative estimate of drug-likeness (QED) is 0.902. The van der Waals surface area contributed by atoms with E-state index in [9.17, 15) is 0 Å². The Balaban J connectivity index is 2.40. The zero-order chi connectivity index (χ0) is 13.2. The monoisotopic (exact) mass is 307 g/mol. The van der Waals surface area contributed by atoms with Crippen molar-refractivity contribution in [3.05, 3.63) is 40.8 Å². The SMILES string of the molecule is CCC(N)(CC)c1ncc(-c2ccccc2Br)[nH]1. The van der Waals surface area contributed by atoms with Crippen LogP contribution in [0.1, 0.15) is 32.5 Å². The number of H-pyrrole nitrogens is 1. The Hall–Kier alpha value is -1.13. The molecule has 0 aliphatic heterocycles. The zero-order valence-electron chi connectivity index (χ0n) is 10.7. The number of nitrogens with two attached hydrogens (primary N) is 1. The molecule has 0 bridgehead atoms. The van der Waals surface area contributed by atoms with Crippen LogP contribution in [-0.2, 0) is 5.54 Å². The average molecular weight is 308 g/mol. The highest BCUT2D eigenvalue weighted by Crippen LogP contribution is 2.29. The molecule has 0 spiro atoms. The number of aromatic amines is 1. The maximum absolute atomic E-state index is 6.34. The van der Waals surface area contributed by atoms with Crippen LogP contribution in [-0.4, -0.2) is 9.97 Å². The van der Waals surface area contributed by atoms with Gasteiger partial charge in [-0.25, -0.2) is 4.98 Å². The van der Waals surface area contributed by atoms with Gasteiger partial charge >= 0.3 is 0 Å². The normalized spacial score (nSPS) is 11.8. The molecule has 3 N–H and O–H groups in total. The number of rotatable bonds is 4. The first kappa shape index (κ1) is 13.3. The lowest BCUT2D eigenvalue weighted by Crippen LogP contribution is -2.36. The number of halogens is 1. The molecule has 0 amide bonds. The summed E-state index contributed by atoms with van der Waals surface area (Å²) in [5.41, 5.74) is 8.08. The number of aromatic nitrogens is 2. The highest BCUT2D eigenvalue weighted by molar-refractivity contribution is 9.10. The van der Waals surface area contributed by atoms with Crippen LogP contribution in [0.4, 0.5) is 0 Å². The summed E-state index contributed by atoms with van der Waals surface area (Å²) in [5.74, 6) is 0.859. The van der Waals surface area contributed by atoms with Crippen molar-refractivity contribution >= 4 is 15.9 Å². The van der Waals surface area contributed by atoms with Crippen LogP contribution in [0, 0.1) is 0 Å². The summed E-state index contributed by atoms with van der Waals surface area (Å²) in [6, 6.07) is 8.08. The summed E-state index contributed by atoms with van der Waals surface area (Å²) in [4.78, 5) is 7.79. The summed E-state index contributed by atoms with van der Waals surface area (Å²) >= 11 is 3.55. The fourth-order valence-corrected chi connectivity index (χ4v) is 2.47. The second-order valence-electron chi connectivity index (χ2n) is 4.49. The van der Waals surface area contributed by atoms with Crippen LogP contribution >= 0.6 is 15.9 Å². The second-order valence-corrected chi connectivity index (χ2v) is 5.34. The van der Waals surface area contributed by atoms with Gasteiger partial charge in [0.05, 0.1) is 17.4 Å². The third-order valence-electron chi connectivity index (χ3n) is 3.47. The van der Waals surface area contributed by atoms with E-state index in [-0.39, 0.29) is 5.54 Å². The van der Waals surface area contributed by atoms with Crippen molar-refractivity contribution in [3.8, 4) is 11.3 Å². The minimum Gasteiger partial charge on any atom is -0.340 e. The van der Waals surface area contributed by atoms with Crippen LogP contribution in [0.15, 0.2) is 34.9 Å². The van der Waals surface area contributed by atoms with Gasteiger partial charge in [0.25, 0.3) is 0 Å². The molecule has 1 heterocycles. The first-order valence-electron chi connectivity index (χ1n) is 6.20. The molecule has 0 saturated heterocycles. The predicted octanol–water partition coefficient (Wildman–Crippen LogP) is 3.81. The van der Waals surface area contributed by atoms with Crippen molar-refractivity contribution in [1.29, 1.82) is 0 Å². The number of nitrogens with one attached hydrogen (secondary N) is 1. The van der Waals surface area contributed by atoms with Gasteiger partial charge in [-0.3, -0.25) is 0 Å². The topological polar surface area (TPSA) is 54.7 Å². The number of imidazole rings is 1. The van der Waals surface area contributed by atoms with E-state index in [0.29, 0.717) is 0 Å². The van der Waals surface area contributed by atoms with E-state index in [1.165, 1.54) is 0 Å². The first-order valence-corrected chi connectivity index (χ1v) is 6.99. The lowest BCUT2D eigenvalue weighted by atomic mass is 9.93. The Kier molecular flexibility index (Phi) is 3.88. The van der Waals surface area contributed by atoms with Crippen LogP contribution in [0.3, 0.4) is 0 Å². The molecule has 1 aromatic carbocycles. The zero-order valence-corrected chi connectivity index (χ0v) is 12.3. The lowest BCUT2D eigenvalue weighted by molar-refractivity contribution is 0.391.